The van der Waals surface area contributed by atoms with Gasteiger partial charge >= 0.3 is 0 Å². The van der Waals surface area contributed by atoms with E-state index < -0.39 is 0 Å². The van der Waals surface area contributed by atoms with Gasteiger partial charge in [0.25, 0.3) is 0 Å². The first-order chi connectivity index (χ1) is 8.97. The van der Waals surface area contributed by atoms with Crippen molar-refractivity contribution >= 4 is 11.6 Å². The lowest BCUT2D eigenvalue weighted by Gasteiger charge is -2.10. The molecule has 0 saturated heterocycles. The molecule has 1 unspecified atom stereocenters. The summed E-state index contributed by atoms with van der Waals surface area (Å²) in [5, 5.41) is 4.83. The number of halogens is 1. The zero-order valence-electron chi connectivity index (χ0n) is 11.3. The number of nitrogens with two attached hydrogens (primary N) is 1. The van der Waals surface area contributed by atoms with Crippen molar-refractivity contribution in [2.24, 2.45) is 5.73 Å². The van der Waals surface area contributed by atoms with E-state index in [2.05, 4.69) is 18.9 Å². The number of ether oxygens (including phenoxy) is 1. The van der Waals surface area contributed by atoms with E-state index in [0.717, 1.165) is 5.56 Å². The summed E-state index contributed by atoms with van der Waals surface area (Å²) in [7, 11) is 0. The van der Waals surface area contributed by atoms with E-state index in [-0.39, 0.29) is 6.04 Å². The molecule has 4 nitrogen and oxygen atoms in total. The first-order valence-corrected chi connectivity index (χ1v) is 6.62. The summed E-state index contributed by atoms with van der Waals surface area (Å²) in [5.41, 5.74) is 6.72. The van der Waals surface area contributed by atoms with Crippen LogP contribution in [-0.4, -0.2) is 9.78 Å². The van der Waals surface area contributed by atoms with Crippen molar-refractivity contribution in [2.45, 2.75) is 32.9 Å². The fraction of sp³-hybridized carbons (Fsp3) is 0.357. The monoisotopic (exact) mass is 279 g/mol. The minimum Gasteiger partial charge on any atom is -0.454 e. The van der Waals surface area contributed by atoms with Crippen LogP contribution in [0.15, 0.2) is 30.6 Å². The van der Waals surface area contributed by atoms with Crippen molar-refractivity contribution in [3.8, 4) is 11.5 Å². The van der Waals surface area contributed by atoms with Crippen molar-refractivity contribution in [2.75, 3.05) is 0 Å². The minimum absolute atomic E-state index is 0.0924. The van der Waals surface area contributed by atoms with Crippen LogP contribution >= 0.6 is 11.6 Å². The van der Waals surface area contributed by atoms with E-state index in [1.165, 1.54) is 0 Å². The third-order valence-electron chi connectivity index (χ3n) is 2.81. The van der Waals surface area contributed by atoms with Gasteiger partial charge in [-0.15, -0.1) is 0 Å². The molecule has 19 heavy (non-hydrogen) atoms. The molecule has 1 heterocycles. The second-order valence-electron chi connectivity index (χ2n) is 4.82. The molecule has 0 saturated carbocycles. The predicted molar refractivity (Wildman–Crippen MR) is 76.7 cm³/mol. The summed E-state index contributed by atoms with van der Waals surface area (Å²) in [6.07, 6.45) is 3.55. The molecule has 0 fully saturated rings. The summed E-state index contributed by atoms with van der Waals surface area (Å²) in [6, 6.07) is 5.73. The summed E-state index contributed by atoms with van der Waals surface area (Å²) >= 11 is 6.17. The Labute approximate surface area is 118 Å². The fourth-order valence-corrected chi connectivity index (χ4v) is 2.08. The molecular weight excluding hydrogens is 262 g/mol. The van der Waals surface area contributed by atoms with Crippen LogP contribution < -0.4 is 10.5 Å². The summed E-state index contributed by atoms with van der Waals surface area (Å²) in [6.45, 7) is 6.02. The number of rotatable bonds is 4. The lowest BCUT2D eigenvalue weighted by atomic mass is 10.1. The van der Waals surface area contributed by atoms with Gasteiger partial charge in [-0.05, 0) is 38.5 Å². The molecule has 2 N–H and O–H groups in total. The van der Waals surface area contributed by atoms with E-state index in [1.54, 1.807) is 12.3 Å². The Hall–Kier alpha value is -1.52. The highest BCUT2D eigenvalue weighted by atomic mass is 35.5. The number of aromatic nitrogens is 2. The maximum atomic E-state index is 6.17. The van der Waals surface area contributed by atoms with Crippen LogP contribution in [0.5, 0.6) is 11.5 Å². The van der Waals surface area contributed by atoms with Crippen molar-refractivity contribution in [1.29, 1.82) is 0 Å². The van der Waals surface area contributed by atoms with Gasteiger partial charge in [-0.25, -0.2) is 0 Å². The van der Waals surface area contributed by atoms with Crippen LogP contribution in [0.1, 0.15) is 38.4 Å². The molecule has 0 amide bonds. The minimum atomic E-state index is -0.0924. The van der Waals surface area contributed by atoms with E-state index in [0.29, 0.717) is 22.6 Å². The Morgan fingerprint density at radius 1 is 1.26 bits per heavy atom. The Morgan fingerprint density at radius 3 is 2.53 bits per heavy atom. The lowest BCUT2D eigenvalue weighted by molar-refractivity contribution is 0.477. The van der Waals surface area contributed by atoms with Gasteiger partial charge < -0.3 is 10.5 Å². The molecule has 2 rings (SSSR count). The molecule has 1 aromatic carbocycles. The largest absolute Gasteiger partial charge is 0.454 e. The number of hydrogen-bond donors (Lipinski definition) is 1. The second kappa shape index (κ2) is 5.63. The van der Waals surface area contributed by atoms with E-state index in [4.69, 9.17) is 22.1 Å². The maximum absolute atomic E-state index is 6.17. The molecule has 2 aromatic rings. The number of benzene rings is 1. The van der Waals surface area contributed by atoms with Gasteiger partial charge in [0.1, 0.15) is 5.75 Å². The highest BCUT2D eigenvalue weighted by Gasteiger charge is 2.08. The molecule has 0 bridgehead atoms. The summed E-state index contributed by atoms with van der Waals surface area (Å²) in [5.74, 6) is 1.37. The smallest absolute Gasteiger partial charge is 0.165 e. The molecule has 1 atom stereocenters. The highest BCUT2D eigenvalue weighted by Crippen LogP contribution is 2.29. The van der Waals surface area contributed by atoms with Gasteiger partial charge in [0.05, 0.1) is 12.4 Å². The highest BCUT2D eigenvalue weighted by molar-refractivity contribution is 6.31. The zero-order chi connectivity index (χ0) is 14.0. The standard InChI is InChI=1S/C14H18ClN3O/c1-9(2)18-8-12(7-17-18)19-11-4-5-13(10(3)16)14(15)6-11/h4-10H,16H2,1-3H3. The van der Waals surface area contributed by atoms with Crippen molar-refractivity contribution < 1.29 is 4.74 Å². The molecule has 0 spiro atoms. The van der Waals surface area contributed by atoms with Crippen molar-refractivity contribution in [1.82, 2.24) is 9.78 Å². The molecular formula is C14H18ClN3O. The van der Waals surface area contributed by atoms with Gasteiger partial charge in [-0.3, -0.25) is 4.68 Å². The first kappa shape index (κ1) is 13.9. The van der Waals surface area contributed by atoms with Gasteiger partial charge in [-0.1, -0.05) is 17.7 Å². The summed E-state index contributed by atoms with van der Waals surface area (Å²) in [4.78, 5) is 0. The quantitative estimate of drug-likeness (QED) is 0.922. The molecule has 0 aliphatic carbocycles. The molecule has 0 aliphatic heterocycles. The van der Waals surface area contributed by atoms with Crippen LogP contribution in [-0.2, 0) is 0 Å². The number of hydrogen-bond acceptors (Lipinski definition) is 3. The number of nitrogens with zero attached hydrogens (tertiary/aromatic N) is 2. The lowest BCUT2D eigenvalue weighted by Crippen LogP contribution is -2.05. The molecule has 102 valence electrons. The topological polar surface area (TPSA) is 53.1 Å². The molecule has 5 heteroatoms. The Kier molecular flexibility index (Phi) is 4.12. The second-order valence-corrected chi connectivity index (χ2v) is 5.23. The predicted octanol–water partition coefficient (Wildman–Crippen LogP) is 3.93. The Bertz CT molecular complexity index is 564. The Morgan fingerprint density at radius 2 is 2.00 bits per heavy atom. The van der Waals surface area contributed by atoms with Gasteiger partial charge in [-0.2, -0.15) is 5.10 Å². The fourth-order valence-electron chi connectivity index (χ4n) is 1.73. The normalized spacial score (nSPS) is 12.7. The third-order valence-corrected chi connectivity index (χ3v) is 3.13. The van der Waals surface area contributed by atoms with Crippen LogP contribution in [0.2, 0.25) is 5.02 Å². The Balaban J connectivity index is 2.16. The van der Waals surface area contributed by atoms with Crippen molar-refractivity contribution in [3.63, 3.8) is 0 Å². The third kappa shape index (κ3) is 3.28. The SMILES string of the molecule is CC(N)c1ccc(Oc2cnn(C(C)C)c2)cc1Cl. The average Bonchev–Trinajstić information content (AvgIpc) is 2.77. The molecule has 0 aliphatic rings. The van der Waals surface area contributed by atoms with Gasteiger partial charge in [0, 0.05) is 17.1 Å². The van der Waals surface area contributed by atoms with Gasteiger partial charge in [0.2, 0.25) is 0 Å². The van der Waals surface area contributed by atoms with E-state index in [9.17, 15) is 0 Å². The average molecular weight is 280 g/mol. The van der Waals surface area contributed by atoms with Crippen LogP contribution in [0.25, 0.3) is 0 Å². The van der Waals surface area contributed by atoms with Crippen LogP contribution in [0.3, 0.4) is 0 Å². The zero-order valence-corrected chi connectivity index (χ0v) is 12.1. The molecule has 0 radical (unpaired) electrons. The van der Waals surface area contributed by atoms with Crippen LogP contribution in [0, 0.1) is 0 Å². The maximum Gasteiger partial charge on any atom is 0.165 e. The van der Waals surface area contributed by atoms with Gasteiger partial charge in [0.15, 0.2) is 5.75 Å². The summed E-state index contributed by atoms with van der Waals surface area (Å²) < 4.78 is 7.56. The first-order valence-electron chi connectivity index (χ1n) is 6.24. The van der Waals surface area contributed by atoms with Crippen LogP contribution in [0.4, 0.5) is 0 Å². The van der Waals surface area contributed by atoms with E-state index in [1.807, 2.05) is 29.9 Å². The van der Waals surface area contributed by atoms with Crippen molar-refractivity contribution in [3.05, 3.63) is 41.2 Å². The van der Waals surface area contributed by atoms with E-state index >= 15 is 0 Å². The molecule has 1 aromatic heterocycles.